The number of rotatable bonds is 6. The second-order valence-electron chi connectivity index (χ2n) is 4.70. The van der Waals surface area contributed by atoms with Crippen molar-refractivity contribution in [3.63, 3.8) is 0 Å². The van der Waals surface area contributed by atoms with Gasteiger partial charge in [-0.3, -0.25) is 0 Å². The fourth-order valence-corrected chi connectivity index (χ4v) is 1.99. The Morgan fingerprint density at radius 1 is 1.00 bits per heavy atom. The number of aryl methyl sites for hydroxylation is 2. The SMILES string of the molecule is Cc1ccc(F)cc1OCCCCc1ccccc1. The van der Waals surface area contributed by atoms with Crippen molar-refractivity contribution in [3.8, 4) is 5.75 Å². The standard InChI is InChI=1S/C17H19FO/c1-14-10-11-16(18)13-17(14)19-12-6-5-9-15-7-3-2-4-8-15/h2-4,7-8,10-11,13H,5-6,9,12H2,1H3. The molecule has 100 valence electrons. The molecule has 0 radical (unpaired) electrons. The lowest BCUT2D eigenvalue weighted by atomic mass is 10.1. The second-order valence-corrected chi connectivity index (χ2v) is 4.70. The molecule has 2 aromatic rings. The van der Waals surface area contributed by atoms with Gasteiger partial charge < -0.3 is 4.74 Å². The van der Waals surface area contributed by atoms with E-state index in [0.717, 1.165) is 24.8 Å². The van der Waals surface area contributed by atoms with Gasteiger partial charge in [-0.2, -0.15) is 0 Å². The second kappa shape index (κ2) is 6.93. The first-order valence-corrected chi connectivity index (χ1v) is 6.68. The van der Waals surface area contributed by atoms with Gasteiger partial charge in [0.1, 0.15) is 11.6 Å². The van der Waals surface area contributed by atoms with Gasteiger partial charge >= 0.3 is 0 Å². The molecule has 0 saturated carbocycles. The zero-order chi connectivity index (χ0) is 13.5. The van der Waals surface area contributed by atoms with E-state index in [4.69, 9.17) is 4.74 Å². The molecule has 0 heterocycles. The lowest BCUT2D eigenvalue weighted by molar-refractivity contribution is 0.303. The van der Waals surface area contributed by atoms with Gasteiger partial charge in [-0.15, -0.1) is 0 Å². The number of benzene rings is 2. The third-order valence-electron chi connectivity index (χ3n) is 3.11. The molecule has 2 rings (SSSR count). The summed E-state index contributed by atoms with van der Waals surface area (Å²) in [6.45, 7) is 2.57. The van der Waals surface area contributed by atoms with Crippen molar-refractivity contribution in [1.29, 1.82) is 0 Å². The van der Waals surface area contributed by atoms with Crippen LogP contribution in [0.15, 0.2) is 48.5 Å². The van der Waals surface area contributed by atoms with Crippen LogP contribution in [0.4, 0.5) is 4.39 Å². The molecule has 0 aliphatic rings. The molecule has 0 aliphatic heterocycles. The topological polar surface area (TPSA) is 9.23 Å². The normalized spacial score (nSPS) is 10.4. The van der Waals surface area contributed by atoms with Crippen LogP contribution in [0, 0.1) is 12.7 Å². The molecule has 0 saturated heterocycles. The van der Waals surface area contributed by atoms with Crippen molar-refractivity contribution in [2.45, 2.75) is 26.2 Å². The van der Waals surface area contributed by atoms with Crippen molar-refractivity contribution in [1.82, 2.24) is 0 Å². The monoisotopic (exact) mass is 258 g/mol. The lowest BCUT2D eigenvalue weighted by Crippen LogP contribution is -2.00. The van der Waals surface area contributed by atoms with E-state index in [1.165, 1.54) is 17.7 Å². The van der Waals surface area contributed by atoms with Crippen molar-refractivity contribution < 1.29 is 9.13 Å². The highest BCUT2D eigenvalue weighted by Gasteiger charge is 2.01. The summed E-state index contributed by atoms with van der Waals surface area (Å²) in [6.07, 6.45) is 3.12. The molecule has 0 aliphatic carbocycles. The largest absolute Gasteiger partial charge is 0.493 e. The number of unbranched alkanes of at least 4 members (excludes halogenated alkanes) is 1. The molecular formula is C17H19FO. The molecule has 0 fully saturated rings. The Labute approximate surface area is 114 Å². The maximum atomic E-state index is 13.1. The summed E-state index contributed by atoms with van der Waals surface area (Å²) in [5.41, 5.74) is 2.33. The van der Waals surface area contributed by atoms with Crippen LogP contribution in [0.3, 0.4) is 0 Å². The highest BCUT2D eigenvalue weighted by molar-refractivity contribution is 5.32. The Morgan fingerprint density at radius 2 is 1.79 bits per heavy atom. The van der Waals surface area contributed by atoms with Gasteiger partial charge in [0.2, 0.25) is 0 Å². The summed E-state index contributed by atoms with van der Waals surface area (Å²) in [6, 6.07) is 15.1. The predicted octanol–water partition coefficient (Wildman–Crippen LogP) is 4.54. The number of hydrogen-bond donors (Lipinski definition) is 0. The minimum atomic E-state index is -0.245. The summed E-state index contributed by atoms with van der Waals surface area (Å²) >= 11 is 0. The highest BCUT2D eigenvalue weighted by Crippen LogP contribution is 2.19. The van der Waals surface area contributed by atoms with Crippen LogP contribution in [0.1, 0.15) is 24.0 Å². The fourth-order valence-electron chi connectivity index (χ4n) is 1.99. The Hall–Kier alpha value is -1.83. The number of ether oxygens (including phenoxy) is 1. The Morgan fingerprint density at radius 3 is 2.58 bits per heavy atom. The molecule has 0 amide bonds. The first-order chi connectivity index (χ1) is 9.25. The van der Waals surface area contributed by atoms with Crippen LogP contribution in [0.25, 0.3) is 0 Å². The van der Waals surface area contributed by atoms with E-state index in [-0.39, 0.29) is 5.82 Å². The van der Waals surface area contributed by atoms with Gasteiger partial charge in [-0.25, -0.2) is 4.39 Å². The van der Waals surface area contributed by atoms with E-state index in [2.05, 4.69) is 24.3 Å². The smallest absolute Gasteiger partial charge is 0.126 e. The van der Waals surface area contributed by atoms with E-state index in [1.807, 2.05) is 13.0 Å². The highest BCUT2D eigenvalue weighted by atomic mass is 19.1. The van der Waals surface area contributed by atoms with E-state index in [1.54, 1.807) is 6.07 Å². The summed E-state index contributed by atoms with van der Waals surface area (Å²) in [4.78, 5) is 0. The van der Waals surface area contributed by atoms with E-state index in [0.29, 0.717) is 12.4 Å². The molecule has 0 aromatic heterocycles. The van der Waals surface area contributed by atoms with Gasteiger partial charge in [-0.1, -0.05) is 36.4 Å². The molecule has 1 nitrogen and oxygen atoms in total. The average molecular weight is 258 g/mol. The molecule has 0 spiro atoms. The fraction of sp³-hybridized carbons (Fsp3) is 0.294. The Balaban J connectivity index is 1.71. The summed E-state index contributed by atoms with van der Waals surface area (Å²) in [5, 5.41) is 0. The van der Waals surface area contributed by atoms with Gasteiger partial charge in [-0.05, 0) is 43.4 Å². The zero-order valence-electron chi connectivity index (χ0n) is 11.2. The minimum Gasteiger partial charge on any atom is -0.493 e. The van der Waals surface area contributed by atoms with E-state index in [9.17, 15) is 4.39 Å². The van der Waals surface area contributed by atoms with Gasteiger partial charge in [0.25, 0.3) is 0 Å². The zero-order valence-corrected chi connectivity index (χ0v) is 11.2. The molecule has 2 aromatic carbocycles. The third kappa shape index (κ3) is 4.40. The minimum absolute atomic E-state index is 0.245. The number of hydrogen-bond acceptors (Lipinski definition) is 1. The Bertz CT molecular complexity index is 508. The van der Waals surface area contributed by atoms with Crippen molar-refractivity contribution in [2.75, 3.05) is 6.61 Å². The van der Waals surface area contributed by atoms with Crippen molar-refractivity contribution >= 4 is 0 Å². The molecule has 2 heteroatoms. The molecule has 0 bridgehead atoms. The summed E-state index contributed by atoms with van der Waals surface area (Å²) in [5.74, 6) is 0.407. The maximum Gasteiger partial charge on any atom is 0.126 e. The first kappa shape index (κ1) is 13.6. The van der Waals surface area contributed by atoms with Crippen LogP contribution in [0.2, 0.25) is 0 Å². The third-order valence-corrected chi connectivity index (χ3v) is 3.11. The van der Waals surface area contributed by atoms with E-state index >= 15 is 0 Å². The average Bonchev–Trinajstić information content (AvgIpc) is 2.43. The Kier molecular flexibility index (Phi) is 4.96. The molecule has 0 atom stereocenters. The summed E-state index contributed by atoms with van der Waals surface area (Å²) < 4.78 is 18.7. The predicted molar refractivity (Wildman–Crippen MR) is 76.0 cm³/mol. The molecule has 0 N–H and O–H groups in total. The van der Waals surface area contributed by atoms with Gasteiger partial charge in [0, 0.05) is 6.07 Å². The maximum absolute atomic E-state index is 13.1. The molecule has 19 heavy (non-hydrogen) atoms. The quantitative estimate of drug-likeness (QED) is 0.691. The van der Waals surface area contributed by atoms with Crippen LogP contribution in [0.5, 0.6) is 5.75 Å². The van der Waals surface area contributed by atoms with Crippen molar-refractivity contribution in [3.05, 3.63) is 65.5 Å². The van der Waals surface area contributed by atoms with Gasteiger partial charge in [0.15, 0.2) is 0 Å². The number of halogens is 1. The van der Waals surface area contributed by atoms with Crippen LogP contribution in [-0.2, 0) is 6.42 Å². The van der Waals surface area contributed by atoms with Gasteiger partial charge in [0.05, 0.1) is 6.61 Å². The van der Waals surface area contributed by atoms with Crippen LogP contribution < -0.4 is 4.74 Å². The summed E-state index contributed by atoms with van der Waals surface area (Å²) in [7, 11) is 0. The van der Waals surface area contributed by atoms with Crippen LogP contribution in [-0.4, -0.2) is 6.61 Å². The first-order valence-electron chi connectivity index (χ1n) is 6.68. The van der Waals surface area contributed by atoms with E-state index < -0.39 is 0 Å². The molecular weight excluding hydrogens is 239 g/mol. The molecule has 0 unspecified atom stereocenters. The lowest BCUT2D eigenvalue weighted by Gasteiger charge is -2.09. The van der Waals surface area contributed by atoms with Crippen molar-refractivity contribution in [2.24, 2.45) is 0 Å². The van der Waals surface area contributed by atoms with Crippen LogP contribution >= 0.6 is 0 Å².